The molecular formula is C21H32Cl2N4O2. The standard InChI is InChI=1S/C21H30N4O2.2ClH/c26-19-21(24-18-4-2-1-3-17(18)23-19)8-12-25(13-9-21)16-5-14-27-20(15-16)6-10-22-11-7-20;;/h1-4,16,22,24H,5-15H2,(H,23,26);2*1H. The Labute approximate surface area is 185 Å². The van der Waals surface area contributed by atoms with Gasteiger partial charge in [-0.25, -0.2) is 0 Å². The number of fused-ring (bicyclic) bond motifs is 1. The van der Waals surface area contributed by atoms with Crippen molar-refractivity contribution >= 4 is 42.1 Å². The Balaban J connectivity index is 0.00000120. The minimum Gasteiger partial charge on any atom is -0.375 e. The van der Waals surface area contributed by atoms with Crippen molar-refractivity contribution in [1.82, 2.24) is 10.2 Å². The first-order chi connectivity index (χ1) is 13.2. The lowest BCUT2D eigenvalue weighted by molar-refractivity contribution is -0.129. The van der Waals surface area contributed by atoms with E-state index in [9.17, 15) is 4.79 Å². The second kappa shape index (κ2) is 8.98. The molecule has 4 aliphatic rings. The maximum atomic E-state index is 12.8. The van der Waals surface area contributed by atoms with Crippen LogP contribution in [-0.4, -0.2) is 60.8 Å². The van der Waals surface area contributed by atoms with E-state index in [1.807, 2.05) is 18.2 Å². The summed E-state index contributed by atoms with van der Waals surface area (Å²) >= 11 is 0. The van der Waals surface area contributed by atoms with Gasteiger partial charge in [-0.3, -0.25) is 9.69 Å². The van der Waals surface area contributed by atoms with E-state index >= 15 is 0 Å². The molecule has 0 bridgehead atoms. The summed E-state index contributed by atoms with van der Waals surface area (Å²) in [6, 6.07) is 8.59. The van der Waals surface area contributed by atoms with Crippen molar-refractivity contribution in [3.05, 3.63) is 24.3 Å². The number of anilines is 2. The van der Waals surface area contributed by atoms with Crippen molar-refractivity contribution in [2.45, 2.75) is 55.7 Å². The molecule has 4 heterocycles. The van der Waals surface area contributed by atoms with Gasteiger partial charge < -0.3 is 20.7 Å². The monoisotopic (exact) mass is 442 g/mol. The van der Waals surface area contributed by atoms with E-state index in [2.05, 4.69) is 26.9 Å². The van der Waals surface area contributed by atoms with Crippen molar-refractivity contribution in [3.8, 4) is 0 Å². The molecule has 162 valence electrons. The third-order valence-corrected chi connectivity index (χ3v) is 7.13. The van der Waals surface area contributed by atoms with Crippen LogP contribution in [0, 0.1) is 0 Å². The van der Waals surface area contributed by atoms with Crippen LogP contribution in [0.3, 0.4) is 0 Å². The van der Waals surface area contributed by atoms with Gasteiger partial charge in [-0.05, 0) is 63.7 Å². The Morgan fingerprint density at radius 1 is 1.00 bits per heavy atom. The smallest absolute Gasteiger partial charge is 0.250 e. The molecule has 5 rings (SSSR count). The molecule has 0 radical (unpaired) electrons. The van der Waals surface area contributed by atoms with E-state index in [0.29, 0.717) is 6.04 Å². The van der Waals surface area contributed by atoms with Crippen LogP contribution in [0.2, 0.25) is 0 Å². The number of rotatable bonds is 1. The zero-order valence-electron chi connectivity index (χ0n) is 16.7. The quantitative estimate of drug-likeness (QED) is 0.623. The van der Waals surface area contributed by atoms with Crippen molar-refractivity contribution in [2.75, 3.05) is 43.4 Å². The number of nitrogens with one attached hydrogen (secondary N) is 3. The fourth-order valence-electron chi connectivity index (χ4n) is 5.42. The second-order valence-electron chi connectivity index (χ2n) is 8.67. The van der Waals surface area contributed by atoms with Gasteiger partial charge in [-0.2, -0.15) is 0 Å². The molecular weight excluding hydrogens is 411 g/mol. The van der Waals surface area contributed by atoms with Crippen LogP contribution in [0.5, 0.6) is 0 Å². The van der Waals surface area contributed by atoms with Crippen LogP contribution in [0.1, 0.15) is 38.5 Å². The lowest BCUT2D eigenvalue weighted by Gasteiger charge is -2.50. The zero-order chi connectivity index (χ0) is 18.3. The number of halogens is 2. The van der Waals surface area contributed by atoms with Crippen LogP contribution in [0.4, 0.5) is 11.4 Å². The van der Waals surface area contributed by atoms with E-state index in [4.69, 9.17) is 4.74 Å². The van der Waals surface area contributed by atoms with Crippen LogP contribution < -0.4 is 16.0 Å². The number of ether oxygens (including phenoxy) is 1. The summed E-state index contributed by atoms with van der Waals surface area (Å²) < 4.78 is 6.25. The van der Waals surface area contributed by atoms with Crippen LogP contribution in [0.25, 0.3) is 0 Å². The number of carbonyl (C=O) groups is 1. The number of amides is 1. The lowest BCUT2D eigenvalue weighted by atomic mass is 9.80. The highest BCUT2D eigenvalue weighted by Crippen LogP contribution is 2.39. The first kappa shape index (κ1) is 22.6. The van der Waals surface area contributed by atoms with Gasteiger partial charge in [0.15, 0.2) is 0 Å². The molecule has 3 N–H and O–H groups in total. The van der Waals surface area contributed by atoms with E-state index in [0.717, 1.165) is 82.7 Å². The summed E-state index contributed by atoms with van der Waals surface area (Å²) in [5.74, 6) is 0.127. The van der Waals surface area contributed by atoms with Crippen LogP contribution in [-0.2, 0) is 9.53 Å². The van der Waals surface area contributed by atoms with Crippen molar-refractivity contribution in [2.24, 2.45) is 0 Å². The molecule has 1 aromatic carbocycles. The Morgan fingerprint density at radius 2 is 1.69 bits per heavy atom. The highest BCUT2D eigenvalue weighted by molar-refractivity contribution is 6.06. The second-order valence-corrected chi connectivity index (χ2v) is 8.67. The van der Waals surface area contributed by atoms with Gasteiger partial charge in [-0.1, -0.05) is 12.1 Å². The number of piperidine rings is 2. The molecule has 0 saturated carbocycles. The predicted octanol–water partition coefficient (Wildman–Crippen LogP) is 3.03. The molecule has 2 spiro atoms. The summed E-state index contributed by atoms with van der Waals surface area (Å²) in [6.45, 7) is 4.96. The lowest BCUT2D eigenvalue weighted by Crippen LogP contribution is -2.61. The minimum atomic E-state index is -0.456. The molecule has 0 aliphatic carbocycles. The number of likely N-dealkylation sites (tertiary alicyclic amines) is 1. The van der Waals surface area contributed by atoms with Gasteiger partial charge in [0, 0.05) is 25.7 Å². The molecule has 3 saturated heterocycles. The molecule has 1 amide bonds. The number of benzene rings is 1. The Hall–Kier alpha value is -1.05. The Bertz CT molecular complexity index is 713. The van der Waals surface area contributed by atoms with E-state index in [-0.39, 0.29) is 36.3 Å². The van der Waals surface area contributed by atoms with E-state index in [1.165, 1.54) is 0 Å². The molecule has 0 aromatic heterocycles. The van der Waals surface area contributed by atoms with Crippen LogP contribution >= 0.6 is 24.8 Å². The van der Waals surface area contributed by atoms with Gasteiger partial charge in [0.25, 0.3) is 0 Å². The summed E-state index contributed by atoms with van der Waals surface area (Å²) in [7, 11) is 0. The average molecular weight is 443 g/mol. The molecule has 1 atom stereocenters. The fourth-order valence-corrected chi connectivity index (χ4v) is 5.42. The third-order valence-electron chi connectivity index (χ3n) is 7.13. The summed E-state index contributed by atoms with van der Waals surface area (Å²) in [5, 5.41) is 10.1. The van der Waals surface area contributed by atoms with Crippen molar-refractivity contribution in [3.63, 3.8) is 0 Å². The maximum Gasteiger partial charge on any atom is 0.250 e. The summed E-state index contributed by atoms with van der Waals surface area (Å²) in [5.41, 5.74) is 1.57. The minimum absolute atomic E-state index is 0. The van der Waals surface area contributed by atoms with E-state index < -0.39 is 5.54 Å². The van der Waals surface area contributed by atoms with Gasteiger partial charge >= 0.3 is 0 Å². The van der Waals surface area contributed by atoms with Gasteiger partial charge in [-0.15, -0.1) is 24.8 Å². The molecule has 29 heavy (non-hydrogen) atoms. The topological polar surface area (TPSA) is 65.6 Å². The predicted molar refractivity (Wildman–Crippen MR) is 121 cm³/mol. The average Bonchev–Trinajstić information content (AvgIpc) is 2.70. The molecule has 8 heteroatoms. The number of carbonyl (C=O) groups excluding carboxylic acids is 1. The Morgan fingerprint density at radius 3 is 2.41 bits per heavy atom. The summed E-state index contributed by atoms with van der Waals surface area (Å²) in [6.07, 6.45) is 6.23. The highest BCUT2D eigenvalue weighted by atomic mass is 35.5. The number of hydrogen-bond donors (Lipinski definition) is 3. The SMILES string of the molecule is Cl.Cl.O=C1Nc2ccccc2NC12CCN(C1CCOC3(CCNCC3)C1)CC2. The summed E-state index contributed by atoms with van der Waals surface area (Å²) in [4.78, 5) is 15.5. The maximum absolute atomic E-state index is 12.8. The molecule has 1 unspecified atom stereocenters. The van der Waals surface area contributed by atoms with Gasteiger partial charge in [0.2, 0.25) is 5.91 Å². The molecule has 6 nitrogen and oxygen atoms in total. The first-order valence-electron chi connectivity index (χ1n) is 10.5. The molecule has 1 aromatic rings. The Kier molecular flexibility index (Phi) is 7.01. The molecule has 3 fully saturated rings. The third kappa shape index (κ3) is 4.23. The van der Waals surface area contributed by atoms with Crippen molar-refractivity contribution in [1.29, 1.82) is 0 Å². The number of para-hydroxylation sites is 2. The highest BCUT2D eigenvalue weighted by Gasteiger charge is 2.47. The van der Waals surface area contributed by atoms with Crippen molar-refractivity contribution < 1.29 is 9.53 Å². The number of hydrogen-bond acceptors (Lipinski definition) is 5. The van der Waals surface area contributed by atoms with E-state index in [1.54, 1.807) is 0 Å². The van der Waals surface area contributed by atoms with Crippen LogP contribution in [0.15, 0.2) is 24.3 Å². The normalized spacial score (nSPS) is 27.7. The first-order valence-corrected chi connectivity index (χ1v) is 10.5. The van der Waals surface area contributed by atoms with Gasteiger partial charge in [0.1, 0.15) is 5.54 Å². The largest absolute Gasteiger partial charge is 0.375 e. The number of nitrogens with zero attached hydrogens (tertiary/aromatic N) is 1. The fraction of sp³-hybridized carbons (Fsp3) is 0.667. The molecule has 4 aliphatic heterocycles. The van der Waals surface area contributed by atoms with Gasteiger partial charge in [0.05, 0.1) is 17.0 Å². The zero-order valence-corrected chi connectivity index (χ0v) is 18.4.